The molecule has 0 heterocycles. The predicted octanol–water partition coefficient (Wildman–Crippen LogP) is 6.72. The van der Waals surface area contributed by atoms with Gasteiger partial charge in [0.15, 0.2) is 6.29 Å². The Labute approximate surface area is 140 Å². The van der Waals surface area contributed by atoms with E-state index in [0.717, 1.165) is 19.6 Å². The van der Waals surface area contributed by atoms with Crippen LogP contribution in [0.15, 0.2) is 0 Å². The summed E-state index contributed by atoms with van der Waals surface area (Å²) in [6.45, 7) is 12.5. The molecule has 0 bridgehead atoms. The molecule has 0 unspecified atom stereocenters. The Morgan fingerprint density at radius 3 is 1.64 bits per heavy atom. The van der Waals surface area contributed by atoms with Gasteiger partial charge in [-0.1, -0.05) is 78.6 Å². The zero-order chi connectivity index (χ0) is 16.7. The lowest BCUT2D eigenvalue weighted by Crippen LogP contribution is -2.29. The molecule has 0 rings (SSSR count). The maximum Gasteiger partial charge on any atom is 0.158 e. The lowest BCUT2D eigenvalue weighted by molar-refractivity contribution is -0.157. The molecule has 0 aliphatic rings. The Bertz CT molecular complexity index is 218. The van der Waals surface area contributed by atoms with Crippen molar-refractivity contribution >= 4 is 0 Å². The van der Waals surface area contributed by atoms with Crippen LogP contribution >= 0.6 is 0 Å². The number of hydrogen-bond donors (Lipinski definition) is 0. The fourth-order valence-corrected chi connectivity index (χ4v) is 3.34. The van der Waals surface area contributed by atoms with E-state index in [0.29, 0.717) is 5.41 Å². The van der Waals surface area contributed by atoms with E-state index < -0.39 is 0 Å². The highest BCUT2D eigenvalue weighted by Crippen LogP contribution is 2.38. The van der Waals surface area contributed by atoms with Gasteiger partial charge in [-0.05, 0) is 25.7 Å². The van der Waals surface area contributed by atoms with Crippen LogP contribution in [0.25, 0.3) is 0 Å². The molecular formula is C20H42O2. The fraction of sp³-hybridized carbons (Fsp3) is 1.00. The molecule has 0 spiro atoms. The van der Waals surface area contributed by atoms with Gasteiger partial charge in [-0.3, -0.25) is 0 Å². The molecule has 0 aromatic heterocycles. The SMILES string of the molecule is CCCCCCCCCC(CC)(CC)CC(OCC)OCC. The van der Waals surface area contributed by atoms with Crippen LogP contribution in [0.2, 0.25) is 0 Å². The average Bonchev–Trinajstić information content (AvgIpc) is 2.53. The first-order chi connectivity index (χ1) is 10.7. The maximum absolute atomic E-state index is 5.79. The predicted molar refractivity (Wildman–Crippen MR) is 97.3 cm³/mol. The molecule has 0 atom stereocenters. The van der Waals surface area contributed by atoms with Crippen LogP contribution in [0, 0.1) is 5.41 Å². The molecule has 0 saturated carbocycles. The molecule has 0 amide bonds. The molecule has 0 saturated heterocycles. The summed E-state index contributed by atoms with van der Waals surface area (Å²) in [5.74, 6) is 0. The van der Waals surface area contributed by atoms with Crippen LogP contribution in [0.3, 0.4) is 0 Å². The van der Waals surface area contributed by atoms with Crippen LogP contribution in [-0.2, 0) is 9.47 Å². The molecule has 22 heavy (non-hydrogen) atoms. The third-order valence-electron chi connectivity index (χ3n) is 5.12. The summed E-state index contributed by atoms with van der Waals surface area (Å²) in [6.07, 6.45) is 14.6. The summed E-state index contributed by atoms with van der Waals surface area (Å²) >= 11 is 0. The van der Waals surface area contributed by atoms with E-state index in [-0.39, 0.29) is 6.29 Å². The molecule has 0 fully saturated rings. The second-order valence-electron chi connectivity index (χ2n) is 6.62. The fourth-order valence-electron chi connectivity index (χ4n) is 3.34. The highest BCUT2D eigenvalue weighted by Gasteiger charge is 2.29. The van der Waals surface area contributed by atoms with Crippen LogP contribution < -0.4 is 0 Å². The van der Waals surface area contributed by atoms with Crippen molar-refractivity contribution in [3.05, 3.63) is 0 Å². The van der Waals surface area contributed by atoms with Crippen molar-refractivity contribution in [3.63, 3.8) is 0 Å². The third kappa shape index (κ3) is 9.84. The molecule has 0 aliphatic heterocycles. The van der Waals surface area contributed by atoms with Crippen molar-refractivity contribution in [2.24, 2.45) is 5.41 Å². The monoisotopic (exact) mass is 314 g/mol. The number of rotatable bonds is 16. The molecule has 0 aromatic rings. The second kappa shape index (κ2) is 14.5. The van der Waals surface area contributed by atoms with Gasteiger partial charge in [0.2, 0.25) is 0 Å². The maximum atomic E-state index is 5.79. The summed E-state index contributed by atoms with van der Waals surface area (Å²) in [4.78, 5) is 0. The minimum atomic E-state index is -0.0144. The molecule has 2 heteroatoms. The van der Waals surface area contributed by atoms with Gasteiger partial charge < -0.3 is 9.47 Å². The molecule has 0 aliphatic carbocycles. The Hall–Kier alpha value is -0.0800. The Balaban J connectivity index is 4.18. The van der Waals surface area contributed by atoms with Crippen LogP contribution in [0.5, 0.6) is 0 Å². The van der Waals surface area contributed by atoms with Crippen LogP contribution in [0.4, 0.5) is 0 Å². The summed E-state index contributed by atoms with van der Waals surface area (Å²) in [5.41, 5.74) is 0.401. The first-order valence-electron chi connectivity index (χ1n) is 9.91. The molecule has 0 radical (unpaired) electrons. The Kier molecular flexibility index (Phi) is 14.5. The first kappa shape index (κ1) is 21.9. The topological polar surface area (TPSA) is 18.5 Å². The van der Waals surface area contributed by atoms with E-state index in [1.54, 1.807) is 0 Å². The number of hydrogen-bond acceptors (Lipinski definition) is 2. The van der Waals surface area contributed by atoms with Gasteiger partial charge >= 0.3 is 0 Å². The molecule has 0 aromatic carbocycles. The third-order valence-corrected chi connectivity index (χ3v) is 5.12. The quantitative estimate of drug-likeness (QED) is 0.232. The van der Waals surface area contributed by atoms with E-state index in [4.69, 9.17) is 9.47 Å². The number of unbranched alkanes of at least 4 members (excludes halogenated alkanes) is 6. The standard InChI is InChI=1S/C20H42O2/c1-6-11-12-13-14-15-16-17-20(7-2,8-3)18-19(21-9-4)22-10-5/h19H,6-18H2,1-5H3. The van der Waals surface area contributed by atoms with E-state index in [2.05, 4.69) is 34.6 Å². The van der Waals surface area contributed by atoms with Crippen LogP contribution in [-0.4, -0.2) is 19.5 Å². The van der Waals surface area contributed by atoms with Crippen molar-refractivity contribution in [3.8, 4) is 0 Å². The first-order valence-corrected chi connectivity index (χ1v) is 9.91. The minimum absolute atomic E-state index is 0.0144. The average molecular weight is 315 g/mol. The lowest BCUT2D eigenvalue weighted by Gasteiger charge is -2.35. The van der Waals surface area contributed by atoms with Crippen molar-refractivity contribution in [2.75, 3.05) is 13.2 Å². The molecule has 2 nitrogen and oxygen atoms in total. The van der Waals surface area contributed by atoms with Crippen molar-refractivity contribution in [2.45, 2.75) is 112 Å². The molecule has 0 N–H and O–H groups in total. The normalized spacial score (nSPS) is 12.3. The summed E-state index contributed by atoms with van der Waals surface area (Å²) < 4.78 is 11.6. The van der Waals surface area contributed by atoms with Crippen molar-refractivity contribution < 1.29 is 9.47 Å². The minimum Gasteiger partial charge on any atom is -0.353 e. The largest absolute Gasteiger partial charge is 0.353 e. The van der Waals surface area contributed by atoms with Gasteiger partial charge in [0, 0.05) is 19.6 Å². The highest BCUT2D eigenvalue weighted by molar-refractivity contribution is 4.78. The highest BCUT2D eigenvalue weighted by atomic mass is 16.7. The van der Waals surface area contributed by atoms with E-state index >= 15 is 0 Å². The zero-order valence-corrected chi connectivity index (χ0v) is 16.1. The Morgan fingerprint density at radius 1 is 0.682 bits per heavy atom. The number of ether oxygens (including phenoxy) is 2. The van der Waals surface area contributed by atoms with Gasteiger partial charge in [0.25, 0.3) is 0 Å². The van der Waals surface area contributed by atoms with Crippen molar-refractivity contribution in [1.82, 2.24) is 0 Å². The van der Waals surface area contributed by atoms with E-state index in [1.165, 1.54) is 64.2 Å². The van der Waals surface area contributed by atoms with E-state index in [9.17, 15) is 0 Å². The summed E-state index contributed by atoms with van der Waals surface area (Å²) in [7, 11) is 0. The van der Waals surface area contributed by atoms with Gasteiger partial charge in [-0.2, -0.15) is 0 Å². The zero-order valence-electron chi connectivity index (χ0n) is 16.1. The molecular weight excluding hydrogens is 272 g/mol. The smallest absolute Gasteiger partial charge is 0.158 e. The van der Waals surface area contributed by atoms with Crippen molar-refractivity contribution in [1.29, 1.82) is 0 Å². The second-order valence-corrected chi connectivity index (χ2v) is 6.62. The molecule has 134 valence electrons. The van der Waals surface area contributed by atoms with Gasteiger partial charge in [0.1, 0.15) is 0 Å². The lowest BCUT2D eigenvalue weighted by atomic mass is 9.74. The Morgan fingerprint density at radius 2 is 1.18 bits per heavy atom. The summed E-state index contributed by atoms with van der Waals surface area (Å²) in [6, 6.07) is 0. The van der Waals surface area contributed by atoms with E-state index in [1.807, 2.05) is 0 Å². The van der Waals surface area contributed by atoms with Gasteiger partial charge in [-0.15, -0.1) is 0 Å². The van der Waals surface area contributed by atoms with Crippen LogP contribution in [0.1, 0.15) is 105 Å². The van der Waals surface area contributed by atoms with Gasteiger partial charge in [-0.25, -0.2) is 0 Å². The van der Waals surface area contributed by atoms with Gasteiger partial charge in [0.05, 0.1) is 0 Å². The summed E-state index contributed by atoms with van der Waals surface area (Å²) in [5, 5.41) is 0.